The predicted octanol–water partition coefficient (Wildman–Crippen LogP) is 2.95. The first kappa shape index (κ1) is 17.0. The van der Waals surface area contributed by atoms with Crippen molar-refractivity contribution in [3.63, 3.8) is 0 Å². The van der Waals surface area contributed by atoms with Gasteiger partial charge in [-0.2, -0.15) is 0 Å². The Kier molecular flexibility index (Phi) is 4.97. The zero-order chi connectivity index (χ0) is 17.8. The highest BCUT2D eigenvalue weighted by atomic mass is 16.5. The average molecular weight is 341 g/mol. The predicted molar refractivity (Wildman–Crippen MR) is 90.1 cm³/mol. The summed E-state index contributed by atoms with van der Waals surface area (Å²) in [7, 11) is 0. The molecule has 0 fully saturated rings. The maximum atomic E-state index is 11.9. The summed E-state index contributed by atoms with van der Waals surface area (Å²) in [6.45, 7) is 2.60. The second-order valence-corrected chi connectivity index (χ2v) is 5.92. The molecule has 3 rings (SSSR count). The van der Waals surface area contributed by atoms with Crippen molar-refractivity contribution in [2.24, 2.45) is 0 Å². The van der Waals surface area contributed by atoms with Crippen molar-refractivity contribution in [2.75, 3.05) is 6.61 Å². The SMILES string of the molecule is Cc1c(OCc2ccnc(CCC(=O)O)c2)ccc2c1OCCC2=O. The van der Waals surface area contributed by atoms with Gasteiger partial charge >= 0.3 is 5.97 Å². The maximum absolute atomic E-state index is 11.9. The molecule has 2 heterocycles. The molecule has 130 valence electrons. The van der Waals surface area contributed by atoms with Gasteiger partial charge in [0, 0.05) is 30.3 Å². The molecule has 25 heavy (non-hydrogen) atoms. The second-order valence-electron chi connectivity index (χ2n) is 5.92. The molecule has 1 N–H and O–H groups in total. The van der Waals surface area contributed by atoms with E-state index in [1.165, 1.54) is 0 Å². The first-order valence-corrected chi connectivity index (χ1v) is 8.12. The summed E-state index contributed by atoms with van der Waals surface area (Å²) in [4.78, 5) is 26.7. The summed E-state index contributed by atoms with van der Waals surface area (Å²) in [5, 5.41) is 8.75. The molecule has 6 nitrogen and oxygen atoms in total. The van der Waals surface area contributed by atoms with Crippen LogP contribution >= 0.6 is 0 Å². The molecule has 1 aliphatic rings. The average Bonchev–Trinajstić information content (AvgIpc) is 2.60. The van der Waals surface area contributed by atoms with Crippen molar-refractivity contribution in [1.29, 1.82) is 0 Å². The van der Waals surface area contributed by atoms with Gasteiger partial charge in [-0.3, -0.25) is 14.6 Å². The molecular weight excluding hydrogens is 322 g/mol. The number of nitrogens with zero attached hydrogens (tertiary/aromatic N) is 1. The fourth-order valence-corrected chi connectivity index (χ4v) is 2.77. The molecule has 0 saturated heterocycles. The Morgan fingerprint density at radius 1 is 1.36 bits per heavy atom. The lowest BCUT2D eigenvalue weighted by atomic mass is 10.0. The Morgan fingerprint density at radius 3 is 3.00 bits per heavy atom. The molecule has 2 aromatic rings. The van der Waals surface area contributed by atoms with Gasteiger partial charge in [-0.15, -0.1) is 0 Å². The van der Waals surface area contributed by atoms with Gasteiger partial charge in [0.05, 0.1) is 18.6 Å². The van der Waals surface area contributed by atoms with Crippen LogP contribution in [0.4, 0.5) is 0 Å². The van der Waals surface area contributed by atoms with Crippen molar-refractivity contribution in [1.82, 2.24) is 4.98 Å². The lowest BCUT2D eigenvalue weighted by Gasteiger charge is -2.20. The summed E-state index contributed by atoms with van der Waals surface area (Å²) in [6, 6.07) is 7.20. The van der Waals surface area contributed by atoms with Crippen molar-refractivity contribution in [2.45, 2.75) is 32.8 Å². The number of aromatic nitrogens is 1. The lowest BCUT2D eigenvalue weighted by molar-refractivity contribution is -0.136. The molecule has 1 aliphatic heterocycles. The number of hydrogen-bond donors (Lipinski definition) is 1. The monoisotopic (exact) mass is 341 g/mol. The Hall–Kier alpha value is -2.89. The van der Waals surface area contributed by atoms with Crippen LogP contribution in [-0.4, -0.2) is 28.4 Å². The quantitative estimate of drug-likeness (QED) is 0.869. The van der Waals surface area contributed by atoms with Crippen LogP contribution in [0.1, 0.15) is 40.0 Å². The third-order valence-corrected chi connectivity index (χ3v) is 4.10. The van der Waals surface area contributed by atoms with E-state index in [9.17, 15) is 9.59 Å². The number of pyridine rings is 1. The Labute approximate surface area is 145 Å². The molecule has 1 aromatic heterocycles. The molecule has 0 atom stereocenters. The molecule has 0 saturated carbocycles. The molecule has 0 aliphatic carbocycles. The van der Waals surface area contributed by atoms with Crippen molar-refractivity contribution in [3.05, 3.63) is 52.8 Å². The minimum Gasteiger partial charge on any atom is -0.492 e. The molecule has 0 amide bonds. The van der Waals surface area contributed by atoms with Crippen molar-refractivity contribution in [3.8, 4) is 11.5 Å². The van der Waals surface area contributed by atoms with E-state index in [-0.39, 0.29) is 12.2 Å². The second kappa shape index (κ2) is 7.34. The van der Waals surface area contributed by atoms with E-state index in [1.54, 1.807) is 18.3 Å². The van der Waals surface area contributed by atoms with E-state index in [4.69, 9.17) is 14.6 Å². The minimum atomic E-state index is -0.845. The number of hydrogen-bond acceptors (Lipinski definition) is 5. The summed E-state index contributed by atoms with van der Waals surface area (Å²) >= 11 is 0. The zero-order valence-electron chi connectivity index (χ0n) is 13.9. The van der Waals surface area contributed by atoms with Crippen LogP contribution in [0.25, 0.3) is 0 Å². The first-order valence-electron chi connectivity index (χ1n) is 8.12. The molecule has 1 aromatic carbocycles. The molecule has 0 bridgehead atoms. The van der Waals surface area contributed by atoms with Gasteiger partial charge in [0.1, 0.15) is 18.1 Å². The van der Waals surface area contributed by atoms with Crippen LogP contribution in [0.2, 0.25) is 0 Å². The van der Waals surface area contributed by atoms with Crippen LogP contribution < -0.4 is 9.47 Å². The first-order chi connectivity index (χ1) is 12.0. The zero-order valence-corrected chi connectivity index (χ0v) is 13.9. The van der Waals surface area contributed by atoms with E-state index in [2.05, 4.69) is 4.98 Å². The number of carbonyl (C=O) groups is 2. The number of Topliss-reactive ketones (excluding diaryl/α,β-unsaturated/α-hetero) is 1. The largest absolute Gasteiger partial charge is 0.492 e. The Bertz CT molecular complexity index is 815. The van der Waals surface area contributed by atoms with Crippen molar-refractivity contribution >= 4 is 11.8 Å². The Morgan fingerprint density at radius 2 is 2.20 bits per heavy atom. The molecule has 0 unspecified atom stereocenters. The third-order valence-electron chi connectivity index (χ3n) is 4.10. The number of ether oxygens (including phenoxy) is 2. The molecule has 0 spiro atoms. The third kappa shape index (κ3) is 3.96. The minimum absolute atomic E-state index is 0.0482. The fraction of sp³-hybridized carbons (Fsp3) is 0.316. The standard InChI is InChI=1S/C19H19NO5/c1-12-17(4-3-15-16(21)7-9-24-19(12)15)25-11-13-6-8-20-14(10-13)2-5-18(22)23/h3-4,6,8,10H,2,5,7,9,11H2,1H3,(H,22,23). The summed E-state index contributed by atoms with van der Waals surface area (Å²) < 4.78 is 11.5. The van der Waals surface area contributed by atoms with Gasteiger partial charge in [0.2, 0.25) is 0 Å². The summed E-state index contributed by atoms with van der Waals surface area (Å²) in [5.41, 5.74) is 3.05. The van der Waals surface area contributed by atoms with Gasteiger partial charge in [-0.1, -0.05) is 0 Å². The number of carboxylic acids is 1. The van der Waals surface area contributed by atoms with Gasteiger partial charge in [-0.25, -0.2) is 0 Å². The van der Waals surface area contributed by atoms with Crippen LogP contribution in [0.5, 0.6) is 11.5 Å². The normalized spacial score (nSPS) is 13.1. The van der Waals surface area contributed by atoms with E-state index >= 15 is 0 Å². The van der Waals surface area contributed by atoms with E-state index in [1.807, 2.05) is 19.1 Å². The topological polar surface area (TPSA) is 85.7 Å². The number of aryl methyl sites for hydroxylation is 1. The van der Waals surface area contributed by atoms with Crippen molar-refractivity contribution < 1.29 is 24.2 Å². The molecular formula is C19H19NO5. The van der Waals surface area contributed by atoms with E-state index in [0.717, 1.165) is 16.8 Å². The van der Waals surface area contributed by atoms with Gasteiger partial charge in [-0.05, 0) is 36.8 Å². The molecule has 0 radical (unpaired) electrons. The van der Waals surface area contributed by atoms with Crippen LogP contribution in [0.3, 0.4) is 0 Å². The highest BCUT2D eigenvalue weighted by Gasteiger charge is 2.22. The van der Waals surface area contributed by atoms with Crippen LogP contribution in [0.15, 0.2) is 30.5 Å². The van der Waals surface area contributed by atoms with Gasteiger partial charge in [0.15, 0.2) is 5.78 Å². The van der Waals surface area contributed by atoms with Gasteiger partial charge in [0.25, 0.3) is 0 Å². The smallest absolute Gasteiger partial charge is 0.303 e. The maximum Gasteiger partial charge on any atom is 0.303 e. The summed E-state index contributed by atoms with van der Waals surface area (Å²) in [6.07, 6.45) is 2.49. The van der Waals surface area contributed by atoms with Crippen LogP contribution in [0, 0.1) is 6.92 Å². The van der Waals surface area contributed by atoms with Gasteiger partial charge < -0.3 is 14.6 Å². The Balaban J connectivity index is 1.71. The number of ketones is 1. The number of carbonyl (C=O) groups excluding carboxylic acids is 1. The number of fused-ring (bicyclic) bond motifs is 1. The fourth-order valence-electron chi connectivity index (χ4n) is 2.77. The number of benzene rings is 1. The number of rotatable bonds is 6. The van der Waals surface area contributed by atoms with E-state index < -0.39 is 5.97 Å². The highest BCUT2D eigenvalue weighted by molar-refractivity contribution is 6.00. The summed E-state index contributed by atoms with van der Waals surface area (Å²) in [5.74, 6) is 0.513. The highest BCUT2D eigenvalue weighted by Crippen LogP contribution is 2.35. The lowest BCUT2D eigenvalue weighted by Crippen LogP contribution is -2.16. The molecule has 6 heteroatoms. The number of aliphatic carboxylic acids is 1. The number of carboxylic acid groups (broad SMARTS) is 1. The van der Waals surface area contributed by atoms with Crippen LogP contribution in [-0.2, 0) is 17.8 Å². The van der Waals surface area contributed by atoms with E-state index in [0.29, 0.717) is 43.1 Å².